The molecule has 0 spiro atoms. The predicted molar refractivity (Wildman–Crippen MR) is 79.4 cm³/mol. The van der Waals surface area contributed by atoms with Crippen LogP contribution in [-0.4, -0.2) is 35.1 Å². The maximum absolute atomic E-state index is 12.7. The second-order valence-electron chi connectivity index (χ2n) is 5.09. The summed E-state index contributed by atoms with van der Waals surface area (Å²) in [6.07, 6.45) is 4.34. The molecule has 3 nitrogen and oxygen atoms in total. The van der Waals surface area contributed by atoms with Gasteiger partial charge in [0.2, 0.25) is 0 Å². The number of unbranched alkanes of at least 4 members (excludes halogenated alkanes) is 1. The molecule has 1 aliphatic carbocycles. The third kappa shape index (κ3) is 3.61. The monoisotopic (exact) mass is 271 g/mol. The Morgan fingerprint density at radius 2 is 2.15 bits per heavy atom. The molecule has 1 aromatic rings. The third-order valence-corrected chi connectivity index (χ3v) is 3.46. The van der Waals surface area contributed by atoms with Crippen LogP contribution in [0.1, 0.15) is 48.5 Å². The Hall–Kier alpha value is -1.79. The van der Waals surface area contributed by atoms with Crippen LogP contribution in [-0.2, 0) is 0 Å². The van der Waals surface area contributed by atoms with Crippen molar-refractivity contribution in [2.24, 2.45) is 0 Å². The number of amides is 1. The highest BCUT2D eigenvalue weighted by Crippen LogP contribution is 2.29. The molecule has 1 saturated carbocycles. The number of benzene rings is 1. The van der Waals surface area contributed by atoms with Crippen molar-refractivity contribution in [1.82, 2.24) is 4.90 Å². The molecule has 20 heavy (non-hydrogen) atoms. The first kappa shape index (κ1) is 14.6. The Labute approximate surface area is 120 Å². The first-order chi connectivity index (χ1) is 9.77. The van der Waals surface area contributed by atoms with Crippen molar-refractivity contribution in [2.75, 3.05) is 13.2 Å². The number of nitrogens with zero attached hydrogens (tertiary/aromatic N) is 1. The lowest BCUT2D eigenvalue weighted by Crippen LogP contribution is -2.34. The Kier molecular flexibility index (Phi) is 5.20. The lowest BCUT2D eigenvalue weighted by atomic mass is 10.1. The molecule has 1 aromatic carbocycles. The van der Waals surface area contributed by atoms with Gasteiger partial charge in [-0.2, -0.15) is 0 Å². The van der Waals surface area contributed by atoms with Gasteiger partial charge in [0.25, 0.3) is 5.91 Å². The molecule has 0 saturated heterocycles. The molecule has 0 heterocycles. The molecular formula is C17H21NO2. The van der Waals surface area contributed by atoms with Gasteiger partial charge in [0.05, 0.1) is 5.56 Å². The zero-order valence-corrected chi connectivity index (χ0v) is 11.9. The quantitative estimate of drug-likeness (QED) is 0.836. The number of aliphatic hydroxyl groups is 1. The normalized spacial score (nSPS) is 13.5. The number of rotatable bonds is 5. The summed E-state index contributed by atoms with van der Waals surface area (Å²) in [5.41, 5.74) is 1.35. The first-order valence-corrected chi connectivity index (χ1v) is 7.27. The molecule has 106 valence electrons. The van der Waals surface area contributed by atoms with Crippen LogP contribution in [0, 0.1) is 11.8 Å². The van der Waals surface area contributed by atoms with E-state index < -0.39 is 0 Å². The molecule has 1 amide bonds. The third-order valence-electron chi connectivity index (χ3n) is 3.46. The average molecular weight is 271 g/mol. The van der Waals surface area contributed by atoms with E-state index in [0.717, 1.165) is 32.2 Å². The molecule has 0 unspecified atom stereocenters. The second kappa shape index (κ2) is 7.12. The Morgan fingerprint density at radius 1 is 1.40 bits per heavy atom. The van der Waals surface area contributed by atoms with Crippen molar-refractivity contribution >= 4 is 5.91 Å². The van der Waals surface area contributed by atoms with E-state index in [4.69, 9.17) is 5.11 Å². The minimum atomic E-state index is -0.190. The van der Waals surface area contributed by atoms with Gasteiger partial charge >= 0.3 is 0 Å². The van der Waals surface area contributed by atoms with Crippen molar-refractivity contribution < 1.29 is 9.90 Å². The van der Waals surface area contributed by atoms with E-state index in [1.165, 1.54) is 0 Å². The van der Waals surface area contributed by atoms with Gasteiger partial charge in [-0.25, -0.2) is 0 Å². The first-order valence-electron chi connectivity index (χ1n) is 7.27. The average Bonchev–Trinajstić information content (AvgIpc) is 3.30. The molecule has 1 aliphatic rings. The number of aliphatic hydroxyl groups excluding tert-OH is 1. The van der Waals surface area contributed by atoms with Gasteiger partial charge in [0.1, 0.15) is 6.61 Å². The van der Waals surface area contributed by atoms with Crippen molar-refractivity contribution in [3.8, 4) is 11.8 Å². The minimum absolute atomic E-state index is 0.0730. The summed E-state index contributed by atoms with van der Waals surface area (Å²) >= 11 is 0. The van der Waals surface area contributed by atoms with Crippen LogP contribution in [0.15, 0.2) is 24.3 Å². The van der Waals surface area contributed by atoms with Crippen molar-refractivity contribution in [3.63, 3.8) is 0 Å². The molecule has 1 fully saturated rings. The molecule has 0 radical (unpaired) electrons. The van der Waals surface area contributed by atoms with Gasteiger partial charge in [-0.1, -0.05) is 37.3 Å². The Balaban J connectivity index is 2.22. The highest BCUT2D eigenvalue weighted by Gasteiger charge is 2.33. The van der Waals surface area contributed by atoms with Gasteiger partial charge < -0.3 is 10.0 Å². The molecular weight excluding hydrogens is 250 g/mol. The largest absolute Gasteiger partial charge is 0.384 e. The zero-order chi connectivity index (χ0) is 14.4. The van der Waals surface area contributed by atoms with Crippen LogP contribution in [0.3, 0.4) is 0 Å². The molecule has 3 heteroatoms. The van der Waals surface area contributed by atoms with E-state index in [0.29, 0.717) is 17.2 Å². The van der Waals surface area contributed by atoms with Gasteiger partial charge in [-0.05, 0) is 31.4 Å². The zero-order valence-electron chi connectivity index (χ0n) is 11.9. The number of carbonyl (C=O) groups excluding carboxylic acids is 1. The van der Waals surface area contributed by atoms with E-state index in [-0.39, 0.29) is 12.5 Å². The lowest BCUT2D eigenvalue weighted by Gasteiger charge is -2.22. The summed E-state index contributed by atoms with van der Waals surface area (Å²) < 4.78 is 0. The number of carbonyl (C=O) groups is 1. The fourth-order valence-corrected chi connectivity index (χ4v) is 2.23. The predicted octanol–water partition coefficient (Wildman–Crippen LogP) is 2.44. The van der Waals surface area contributed by atoms with Gasteiger partial charge in [-0.15, -0.1) is 0 Å². The van der Waals surface area contributed by atoms with E-state index in [9.17, 15) is 4.79 Å². The number of hydrogen-bond acceptors (Lipinski definition) is 2. The van der Waals surface area contributed by atoms with Crippen LogP contribution in [0.2, 0.25) is 0 Å². The molecule has 0 bridgehead atoms. The molecule has 0 atom stereocenters. The molecule has 1 N–H and O–H groups in total. The fourth-order valence-electron chi connectivity index (χ4n) is 2.23. The van der Waals surface area contributed by atoms with Crippen LogP contribution < -0.4 is 0 Å². The van der Waals surface area contributed by atoms with Gasteiger partial charge in [0.15, 0.2) is 0 Å². The van der Waals surface area contributed by atoms with Gasteiger partial charge in [0, 0.05) is 18.2 Å². The number of hydrogen-bond donors (Lipinski definition) is 1. The maximum Gasteiger partial charge on any atom is 0.255 e. The molecule has 2 rings (SSSR count). The van der Waals surface area contributed by atoms with E-state index in [2.05, 4.69) is 18.8 Å². The highest BCUT2D eigenvalue weighted by molar-refractivity contribution is 5.97. The standard InChI is InChI=1S/C17H21NO2/c1-2-3-12-18(15-10-11-15)17(20)16-9-5-4-7-14(16)8-6-13-19/h4-5,7,9,15,19H,2-3,10-13H2,1H3. The molecule has 0 aromatic heterocycles. The van der Waals surface area contributed by atoms with E-state index >= 15 is 0 Å². The second-order valence-corrected chi connectivity index (χ2v) is 5.09. The SMILES string of the molecule is CCCCN(C(=O)c1ccccc1C#CCO)C1CC1. The van der Waals surface area contributed by atoms with Crippen LogP contribution in [0.25, 0.3) is 0 Å². The highest BCUT2D eigenvalue weighted by atomic mass is 16.2. The summed E-state index contributed by atoms with van der Waals surface area (Å²) in [7, 11) is 0. The van der Waals surface area contributed by atoms with Crippen LogP contribution in [0.5, 0.6) is 0 Å². The fraction of sp³-hybridized carbons (Fsp3) is 0.471. The molecule has 0 aliphatic heterocycles. The smallest absolute Gasteiger partial charge is 0.255 e. The topological polar surface area (TPSA) is 40.5 Å². The van der Waals surface area contributed by atoms with Gasteiger partial charge in [-0.3, -0.25) is 4.79 Å². The summed E-state index contributed by atoms with van der Waals surface area (Å²) in [5, 5.41) is 8.81. The minimum Gasteiger partial charge on any atom is -0.384 e. The summed E-state index contributed by atoms with van der Waals surface area (Å²) in [5.74, 6) is 5.56. The van der Waals surface area contributed by atoms with E-state index in [1.807, 2.05) is 29.2 Å². The Bertz CT molecular complexity index is 523. The summed E-state index contributed by atoms with van der Waals surface area (Å²) in [4.78, 5) is 14.7. The summed E-state index contributed by atoms with van der Waals surface area (Å²) in [6, 6.07) is 7.80. The van der Waals surface area contributed by atoms with Crippen molar-refractivity contribution in [2.45, 2.75) is 38.6 Å². The Morgan fingerprint density at radius 3 is 2.80 bits per heavy atom. The van der Waals surface area contributed by atoms with Crippen LogP contribution >= 0.6 is 0 Å². The summed E-state index contributed by atoms with van der Waals surface area (Å²) in [6.45, 7) is 2.77. The maximum atomic E-state index is 12.7. The van der Waals surface area contributed by atoms with Crippen molar-refractivity contribution in [1.29, 1.82) is 0 Å². The van der Waals surface area contributed by atoms with E-state index in [1.54, 1.807) is 0 Å². The lowest BCUT2D eigenvalue weighted by molar-refractivity contribution is 0.0740. The van der Waals surface area contributed by atoms with Crippen LogP contribution in [0.4, 0.5) is 0 Å². The van der Waals surface area contributed by atoms with Crippen molar-refractivity contribution in [3.05, 3.63) is 35.4 Å².